The number of imidazole rings is 1. The van der Waals surface area contributed by atoms with Gasteiger partial charge in [-0.05, 0) is 100 Å². The highest BCUT2D eigenvalue weighted by Gasteiger charge is 2.36. The molecule has 1 aliphatic rings. The third-order valence-electron chi connectivity index (χ3n) is 12.9. The maximum atomic E-state index is 6.30. The van der Waals surface area contributed by atoms with E-state index in [9.17, 15) is 0 Å². The van der Waals surface area contributed by atoms with Crippen LogP contribution in [-0.2, 0) is 5.41 Å². The van der Waals surface area contributed by atoms with E-state index in [1.54, 1.807) is 0 Å². The van der Waals surface area contributed by atoms with Gasteiger partial charge in [0.1, 0.15) is 22.3 Å². The highest BCUT2D eigenvalue weighted by atomic mass is 16.3. The minimum absolute atomic E-state index is 0.132. The maximum absolute atomic E-state index is 6.30. The molecule has 5 nitrogen and oxygen atoms in total. The van der Waals surface area contributed by atoms with Crippen LogP contribution in [0.4, 0.5) is 17.1 Å². The van der Waals surface area contributed by atoms with E-state index in [4.69, 9.17) is 9.40 Å². The number of pyridine rings is 1. The SMILES string of the molecule is CC1(C)c2ccccc2-c2ccc(N(c3ccc(-n4c5ccccc5c5nc6c7ccccc7c7ccccc7n6c54)cc3)c3ccc4oc5ccccc5c4c3)cc21. The van der Waals surface area contributed by atoms with Crippen LogP contribution in [0.15, 0.2) is 186 Å². The second-order valence-electron chi connectivity index (χ2n) is 16.4. The summed E-state index contributed by atoms with van der Waals surface area (Å²) in [6.45, 7) is 4.69. The fraction of sp³-hybridized carbons (Fsp3) is 0.0556. The van der Waals surface area contributed by atoms with E-state index in [0.717, 1.165) is 83.3 Å². The number of hydrogen-bond acceptors (Lipinski definition) is 3. The van der Waals surface area contributed by atoms with Crippen LogP contribution in [0.1, 0.15) is 25.0 Å². The molecule has 4 heterocycles. The Morgan fingerprint density at radius 3 is 1.93 bits per heavy atom. The first-order valence-electron chi connectivity index (χ1n) is 20.3. The van der Waals surface area contributed by atoms with Crippen LogP contribution in [0.5, 0.6) is 0 Å². The van der Waals surface area contributed by atoms with Crippen molar-refractivity contribution in [2.75, 3.05) is 4.90 Å². The summed E-state index contributed by atoms with van der Waals surface area (Å²) in [6.07, 6.45) is 0. The molecular formula is C54H36N4O. The van der Waals surface area contributed by atoms with E-state index in [1.807, 2.05) is 12.1 Å². The molecule has 5 heteroatoms. The van der Waals surface area contributed by atoms with Crippen LogP contribution in [0.3, 0.4) is 0 Å². The third-order valence-corrected chi connectivity index (χ3v) is 12.9. The number of benzene rings is 8. The predicted octanol–water partition coefficient (Wildman–Crippen LogP) is 14.4. The van der Waals surface area contributed by atoms with Crippen molar-refractivity contribution in [3.05, 3.63) is 193 Å². The van der Waals surface area contributed by atoms with E-state index in [1.165, 1.54) is 33.0 Å². The van der Waals surface area contributed by atoms with E-state index in [0.29, 0.717) is 0 Å². The predicted molar refractivity (Wildman–Crippen MR) is 244 cm³/mol. The van der Waals surface area contributed by atoms with Crippen molar-refractivity contribution in [3.63, 3.8) is 0 Å². The van der Waals surface area contributed by atoms with Gasteiger partial charge in [-0.15, -0.1) is 0 Å². The molecule has 0 saturated carbocycles. The first-order valence-corrected chi connectivity index (χ1v) is 20.3. The minimum Gasteiger partial charge on any atom is -0.456 e. The van der Waals surface area contributed by atoms with Crippen LogP contribution < -0.4 is 4.90 Å². The average molecular weight is 757 g/mol. The summed E-state index contributed by atoms with van der Waals surface area (Å²) < 4.78 is 11.0. The van der Waals surface area contributed by atoms with Crippen LogP contribution in [0.2, 0.25) is 0 Å². The molecule has 1 aliphatic carbocycles. The highest BCUT2D eigenvalue weighted by Crippen LogP contribution is 2.51. The zero-order valence-corrected chi connectivity index (χ0v) is 32.5. The number of aromatic nitrogens is 3. The van der Waals surface area contributed by atoms with Crippen LogP contribution in [-0.4, -0.2) is 14.0 Å². The van der Waals surface area contributed by atoms with Crippen LogP contribution >= 0.6 is 0 Å². The van der Waals surface area contributed by atoms with E-state index >= 15 is 0 Å². The van der Waals surface area contributed by atoms with E-state index in [2.05, 4.69) is 198 Å². The van der Waals surface area contributed by atoms with Crippen LogP contribution in [0.25, 0.3) is 88.1 Å². The summed E-state index contributed by atoms with van der Waals surface area (Å²) in [5, 5.41) is 6.91. The first kappa shape index (κ1) is 32.5. The van der Waals surface area contributed by atoms with Gasteiger partial charge in [-0.1, -0.05) is 123 Å². The Morgan fingerprint density at radius 1 is 0.475 bits per heavy atom. The molecule has 59 heavy (non-hydrogen) atoms. The summed E-state index contributed by atoms with van der Waals surface area (Å²) in [7, 11) is 0. The summed E-state index contributed by atoms with van der Waals surface area (Å²) in [5.74, 6) is 0. The van der Waals surface area contributed by atoms with Crippen molar-refractivity contribution in [3.8, 4) is 16.8 Å². The number of anilines is 3. The van der Waals surface area contributed by atoms with Gasteiger partial charge in [0.25, 0.3) is 0 Å². The van der Waals surface area contributed by atoms with E-state index in [-0.39, 0.29) is 5.41 Å². The molecular weight excluding hydrogens is 721 g/mol. The molecule has 4 aromatic heterocycles. The number of rotatable bonds is 4. The molecule has 12 aromatic rings. The summed E-state index contributed by atoms with van der Waals surface area (Å²) >= 11 is 0. The molecule has 0 amide bonds. The first-order chi connectivity index (χ1) is 29.0. The quantitative estimate of drug-likeness (QED) is 0.168. The Balaban J connectivity index is 1.04. The molecule has 0 fully saturated rings. The summed E-state index contributed by atoms with van der Waals surface area (Å²) in [6, 6.07) is 65.7. The fourth-order valence-electron chi connectivity index (χ4n) is 10.1. The zero-order chi connectivity index (χ0) is 39.0. The van der Waals surface area contributed by atoms with Crippen molar-refractivity contribution < 1.29 is 4.42 Å². The molecule has 0 unspecified atom stereocenters. The van der Waals surface area contributed by atoms with Crippen molar-refractivity contribution in [2.45, 2.75) is 19.3 Å². The lowest BCUT2D eigenvalue weighted by atomic mass is 9.82. The molecule has 0 aliphatic heterocycles. The molecule has 8 aromatic carbocycles. The van der Waals surface area contributed by atoms with Gasteiger partial charge in [0.15, 0.2) is 5.65 Å². The van der Waals surface area contributed by atoms with Gasteiger partial charge in [0.2, 0.25) is 0 Å². The molecule has 0 bridgehead atoms. The Bertz CT molecular complexity index is 3710. The zero-order valence-electron chi connectivity index (χ0n) is 32.5. The van der Waals surface area contributed by atoms with Crippen molar-refractivity contribution in [2.24, 2.45) is 0 Å². The van der Waals surface area contributed by atoms with Gasteiger partial charge >= 0.3 is 0 Å². The summed E-state index contributed by atoms with van der Waals surface area (Å²) in [5.41, 5.74) is 16.6. The van der Waals surface area contributed by atoms with Gasteiger partial charge < -0.3 is 9.32 Å². The number of furan rings is 1. The van der Waals surface area contributed by atoms with Gasteiger partial charge in [-0.2, -0.15) is 0 Å². The topological polar surface area (TPSA) is 38.6 Å². The minimum atomic E-state index is -0.132. The number of para-hydroxylation sites is 3. The Labute approximate surface area is 339 Å². The second-order valence-corrected chi connectivity index (χ2v) is 16.4. The third kappa shape index (κ3) is 4.42. The van der Waals surface area contributed by atoms with Crippen molar-refractivity contribution in [1.82, 2.24) is 14.0 Å². The Hall–Kier alpha value is -7.63. The lowest BCUT2D eigenvalue weighted by molar-refractivity contribution is 0.660. The molecule has 0 spiro atoms. The Kier molecular flexibility index (Phi) is 6.44. The monoisotopic (exact) mass is 756 g/mol. The smallest absolute Gasteiger partial charge is 0.151 e. The van der Waals surface area contributed by atoms with Crippen molar-refractivity contribution >= 4 is 88.4 Å². The fourth-order valence-corrected chi connectivity index (χ4v) is 10.1. The lowest BCUT2D eigenvalue weighted by Crippen LogP contribution is -2.16. The molecule has 0 saturated heterocycles. The maximum Gasteiger partial charge on any atom is 0.151 e. The van der Waals surface area contributed by atoms with Crippen LogP contribution in [0, 0.1) is 0 Å². The second kappa shape index (κ2) is 11.7. The average Bonchev–Trinajstić information content (AvgIpc) is 4.01. The highest BCUT2D eigenvalue weighted by molar-refractivity contribution is 6.17. The summed E-state index contributed by atoms with van der Waals surface area (Å²) in [4.78, 5) is 7.81. The Morgan fingerprint density at radius 2 is 1.08 bits per heavy atom. The lowest BCUT2D eigenvalue weighted by Gasteiger charge is -2.28. The standard InChI is InChI=1S/C54H36N4O/c1-54(2)45-19-9-5-14-38(45)39-29-27-36(32-46(39)54)56(35-28-30-50-44(31-35)41-16-8-12-22-49(41)59-50)33-23-25-34(26-24-33)57-48-21-11-7-18-43(48)51-53(57)58-47-20-10-6-15-40(47)37-13-3-4-17-42(37)52(58)55-51/h3-32H,1-2H3. The van der Waals surface area contributed by atoms with Gasteiger partial charge in [-0.3, -0.25) is 8.97 Å². The van der Waals surface area contributed by atoms with Crippen molar-refractivity contribution in [1.29, 1.82) is 0 Å². The van der Waals surface area contributed by atoms with Gasteiger partial charge in [0.05, 0.1) is 11.0 Å². The molecule has 0 radical (unpaired) electrons. The normalized spacial score (nSPS) is 13.4. The number of hydrogen-bond donors (Lipinski definition) is 0. The number of fused-ring (bicyclic) bond motifs is 16. The molecule has 278 valence electrons. The largest absolute Gasteiger partial charge is 0.456 e. The number of nitrogens with zero attached hydrogens (tertiary/aromatic N) is 4. The molecule has 0 atom stereocenters. The molecule has 13 rings (SSSR count). The van der Waals surface area contributed by atoms with E-state index < -0.39 is 0 Å². The molecule has 0 N–H and O–H groups in total. The van der Waals surface area contributed by atoms with Gasteiger partial charge in [0, 0.05) is 55.1 Å². The van der Waals surface area contributed by atoms with Gasteiger partial charge in [-0.25, -0.2) is 4.98 Å².